The first-order valence-corrected chi connectivity index (χ1v) is 7.73. The van der Waals surface area contributed by atoms with E-state index in [2.05, 4.69) is 27.7 Å². The monoisotopic (exact) mass is 289 g/mol. The molecule has 0 N–H and O–H groups in total. The molecule has 3 nitrogen and oxygen atoms in total. The SMILES string of the molecule is CC1CCCC[C]1OOC(=O)c1ccc(C(C)(C)C)cc1. The summed E-state index contributed by atoms with van der Waals surface area (Å²) >= 11 is 0. The van der Waals surface area contributed by atoms with E-state index in [4.69, 9.17) is 9.78 Å². The van der Waals surface area contributed by atoms with Crippen LogP contribution in [0.15, 0.2) is 24.3 Å². The molecule has 0 aromatic heterocycles. The lowest BCUT2D eigenvalue weighted by Crippen LogP contribution is -2.20. The van der Waals surface area contributed by atoms with Crippen molar-refractivity contribution < 1.29 is 14.6 Å². The summed E-state index contributed by atoms with van der Waals surface area (Å²) in [6.45, 7) is 8.54. The molecule has 1 aliphatic rings. The van der Waals surface area contributed by atoms with Crippen LogP contribution in [0.3, 0.4) is 0 Å². The van der Waals surface area contributed by atoms with E-state index in [0.29, 0.717) is 11.5 Å². The molecule has 0 saturated heterocycles. The highest BCUT2D eigenvalue weighted by atomic mass is 17.2. The van der Waals surface area contributed by atoms with E-state index in [0.717, 1.165) is 25.4 Å². The summed E-state index contributed by atoms with van der Waals surface area (Å²) < 4.78 is 0. The van der Waals surface area contributed by atoms with Crippen LogP contribution >= 0.6 is 0 Å². The smallest absolute Gasteiger partial charge is 0.292 e. The number of hydrogen-bond acceptors (Lipinski definition) is 3. The van der Waals surface area contributed by atoms with Gasteiger partial charge in [-0.3, -0.25) is 4.89 Å². The van der Waals surface area contributed by atoms with Gasteiger partial charge in [0.2, 0.25) is 0 Å². The zero-order chi connectivity index (χ0) is 15.5. The number of hydrogen-bond donors (Lipinski definition) is 0. The fourth-order valence-electron chi connectivity index (χ4n) is 2.53. The molecule has 0 bridgehead atoms. The molecule has 1 atom stereocenters. The maximum atomic E-state index is 12.0. The van der Waals surface area contributed by atoms with Crippen molar-refractivity contribution in [3.05, 3.63) is 41.5 Å². The molecule has 21 heavy (non-hydrogen) atoms. The Hall–Kier alpha value is -1.35. The zero-order valence-corrected chi connectivity index (χ0v) is 13.4. The summed E-state index contributed by atoms with van der Waals surface area (Å²) in [5, 5.41) is 0. The number of carbonyl (C=O) groups is 1. The Morgan fingerprint density at radius 1 is 1.14 bits per heavy atom. The average molecular weight is 289 g/mol. The largest absolute Gasteiger partial charge is 0.373 e. The first kappa shape index (κ1) is 16.0. The van der Waals surface area contributed by atoms with Crippen LogP contribution in [0.1, 0.15) is 69.3 Å². The summed E-state index contributed by atoms with van der Waals surface area (Å²) in [6.07, 6.45) is 5.21. The van der Waals surface area contributed by atoms with E-state index >= 15 is 0 Å². The molecule has 0 aliphatic heterocycles. The molecule has 1 aromatic rings. The van der Waals surface area contributed by atoms with Crippen molar-refractivity contribution in [3.8, 4) is 0 Å². The van der Waals surface area contributed by atoms with Crippen molar-refractivity contribution in [2.24, 2.45) is 5.92 Å². The number of benzene rings is 1. The van der Waals surface area contributed by atoms with Gasteiger partial charge in [-0.2, -0.15) is 4.89 Å². The molecular weight excluding hydrogens is 264 g/mol. The van der Waals surface area contributed by atoms with E-state index in [1.165, 1.54) is 12.0 Å². The van der Waals surface area contributed by atoms with Crippen LogP contribution in [0, 0.1) is 12.0 Å². The molecule has 0 heterocycles. The van der Waals surface area contributed by atoms with Gasteiger partial charge in [0.25, 0.3) is 0 Å². The lowest BCUT2D eigenvalue weighted by Gasteiger charge is -2.25. The molecular formula is C18H25O3. The molecule has 1 aromatic carbocycles. The Bertz CT molecular complexity index is 470. The summed E-state index contributed by atoms with van der Waals surface area (Å²) in [5.74, 6) is -0.0597. The zero-order valence-electron chi connectivity index (χ0n) is 13.4. The molecule has 1 aliphatic carbocycles. The molecule has 3 heteroatoms. The Balaban J connectivity index is 1.91. The average Bonchev–Trinajstić information content (AvgIpc) is 2.45. The van der Waals surface area contributed by atoms with Crippen LogP contribution in [0.4, 0.5) is 0 Å². The van der Waals surface area contributed by atoms with E-state index in [1.807, 2.05) is 12.1 Å². The van der Waals surface area contributed by atoms with Gasteiger partial charge in [0.15, 0.2) is 6.10 Å². The number of rotatable bonds is 3. The molecule has 0 amide bonds. The van der Waals surface area contributed by atoms with Crippen molar-refractivity contribution in [2.75, 3.05) is 0 Å². The highest BCUT2D eigenvalue weighted by molar-refractivity contribution is 5.89. The van der Waals surface area contributed by atoms with Gasteiger partial charge < -0.3 is 0 Å². The van der Waals surface area contributed by atoms with Gasteiger partial charge in [-0.25, -0.2) is 4.79 Å². The first-order valence-electron chi connectivity index (χ1n) is 7.73. The summed E-state index contributed by atoms with van der Waals surface area (Å²) in [7, 11) is 0. The third-order valence-corrected chi connectivity index (χ3v) is 4.07. The second-order valence-corrected chi connectivity index (χ2v) is 6.89. The van der Waals surface area contributed by atoms with E-state index in [1.54, 1.807) is 12.1 Å². The molecule has 1 unspecified atom stereocenters. The Morgan fingerprint density at radius 3 is 2.38 bits per heavy atom. The third kappa shape index (κ3) is 4.31. The van der Waals surface area contributed by atoms with Crippen LogP contribution in [0.5, 0.6) is 0 Å². The summed E-state index contributed by atoms with van der Waals surface area (Å²) in [5.41, 5.74) is 1.79. The molecule has 1 saturated carbocycles. The lowest BCUT2D eigenvalue weighted by molar-refractivity contribution is -0.246. The van der Waals surface area contributed by atoms with E-state index in [9.17, 15) is 4.79 Å². The van der Waals surface area contributed by atoms with Gasteiger partial charge in [0.1, 0.15) is 0 Å². The van der Waals surface area contributed by atoms with Crippen LogP contribution in [-0.2, 0) is 15.2 Å². The first-order chi connectivity index (χ1) is 9.88. The van der Waals surface area contributed by atoms with Crippen molar-refractivity contribution in [1.29, 1.82) is 0 Å². The van der Waals surface area contributed by atoms with E-state index in [-0.39, 0.29) is 5.41 Å². The quantitative estimate of drug-likeness (QED) is 0.591. The van der Waals surface area contributed by atoms with Crippen LogP contribution in [0.25, 0.3) is 0 Å². The molecule has 0 spiro atoms. The standard InChI is InChI=1S/C18H25O3/c1-13-7-5-6-8-16(13)20-21-17(19)14-9-11-15(12-10-14)18(2,3)4/h9-13H,5-8H2,1-4H3. The Labute approximate surface area is 127 Å². The molecule has 2 rings (SSSR count). The van der Waals surface area contributed by atoms with Gasteiger partial charge in [-0.05, 0) is 41.9 Å². The number of carbonyl (C=O) groups excluding carboxylic acids is 1. The van der Waals surface area contributed by atoms with Gasteiger partial charge >= 0.3 is 5.97 Å². The highest BCUT2D eigenvalue weighted by Crippen LogP contribution is 2.32. The highest BCUT2D eigenvalue weighted by Gasteiger charge is 2.26. The fourth-order valence-corrected chi connectivity index (χ4v) is 2.53. The van der Waals surface area contributed by atoms with Crippen molar-refractivity contribution in [2.45, 2.75) is 58.8 Å². The van der Waals surface area contributed by atoms with Crippen molar-refractivity contribution >= 4 is 5.97 Å². The second kappa shape index (κ2) is 6.61. The van der Waals surface area contributed by atoms with Gasteiger partial charge in [-0.15, -0.1) is 0 Å². The van der Waals surface area contributed by atoms with E-state index < -0.39 is 5.97 Å². The normalized spacial score (nSPS) is 20.3. The minimum Gasteiger partial charge on any atom is -0.292 e. The van der Waals surface area contributed by atoms with Gasteiger partial charge in [0.05, 0.1) is 5.56 Å². The second-order valence-electron chi connectivity index (χ2n) is 6.89. The minimum absolute atomic E-state index is 0.0757. The van der Waals surface area contributed by atoms with Crippen LogP contribution < -0.4 is 0 Å². The Morgan fingerprint density at radius 2 is 1.81 bits per heavy atom. The summed E-state index contributed by atoms with van der Waals surface area (Å²) in [6, 6.07) is 7.52. The predicted octanol–water partition coefficient (Wildman–Crippen LogP) is 4.81. The minimum atomic E-state index is -0.430. The molecule has 115 valence electrons. The fraction of sp³-hybridized carbons (Fsp3) is 0.556. The van der Waals surface area contributed by atoms with Crippen molar-refractivity contribution in [1.82, 2.24) is 0 Å². The Kier molecular flexibility index (Phi) is 5.04. The summed E-state index contributed by atoms with van der Waals surface area (Å²) in [4.78, 5) is 22.3. The van der Waals surface area contributed by atoms with Crippen molar-refractivity contribution in [3.63, 3.8) is 0 Å². The van der Waals surface area contributed by atoms with Gasteiger partial charge in [0, 0.05) is 0 Å². The maximum Gasteiger partial charge on any atom is 0.373 e. The van der Waals surface area contributed by atoms with Crippen LogP contribution in [-0.4, -0.2) is 5.97 Å². The maximum absolute atomic E-state index is 12.0. The molecule has 1 fully saturated rings. The predicted molar refractivity (Wildman–Crippen MR) is 82.5 cm³/mol. The third-order valence-electron chi connectivity index (χ3n) is 4.07. The van der Waals surface area contributed by atoms with Crippen LogP contribution in [0.2, 0.25) is 0 Å². The lowest BCUT2D eigenvalue weighted by atomic mass is 9.87. The van der Waals surface area contributed by atoms with Gasteiger partial charge in [-0.1, -0.05) is 52.7 Å². The molecule has 1 radical (unpaired) electrons. The topological polar surface area (TPSA) is 35.5 Å².